The van der Waals surface area contributed by atoms with E-state index in [2.05, 4.69) is 21.2 Å². The van der Waals surface area contributed by atoms with E-state index in [1.807, 2.05) is 30.3 Å². The van der Waals surface area contributed by atoms with Gasteiger partial charge in [0.25, 0.3) is 0 Å². The van der Waals surface area contributed by atoms with Gasteiger partial charge in [-0.2, -0.15) is 0 Å². The molecule has 0 unspecified atom stereocenters. The Hall–Kier alpha value is -1.55. The van der Waals surface area contributed by atoms with Gasteiger partial charge in [0.2, 0.25) is 5.78 Å². The van der Waals surface area contributed by atoms with Gasteiger partial charge in [-0.05, 0) is 21.5 Å². The largest absolute Gasteiger partial charge is 0.482 e. The highest BCUT2D eigenvalue weighted by atomic mass is 79.9. The Labute approximate surface area is 102 Å². The van der Waals surface area contributed by atoms with E-state index < -0.39 is 0 Å². The van der Waals surface area contributed by atoms with Crippen molar-refractivity contribution in [2.75, 3.05) is 7.11 Å². The minimum absolute atomic E-state index is 0.0902. The van der Waals surface area contributed by atoms with Gasteiger partial charge < -0.3 is 10.1 Å². The number of rotatable bonds is 2. The maximum Gasteiger partial charge on any atom is 0.208 e. The van der Waals surface area contributed by atoms with Crippen LogP contribution in [0.2, 0.25) is 0 Å². The lowest BCUT2D eigenvalue weighted by Crippen LogP contribution is -2.11. The summed E-state index contributed by atoms with van der Waals surface area (Å²) >= 11 is 3.42. The topological polar surface area (TPSA) is 38.3 Å². The van der Waals surface area contributed by atoms with E-state index in [4.69, 9.17) is 4.74 Å². The third-order valence-electron chi connectivity index (χ3n) is 2.22. The highest BCUT2D eigenvalue weighted by Crippen LogP contribution is 2.27. The van der Waals surface area contributed by atoms with E-state index in [9.17, 15) is 4.79 Å². The smallest absolute Gasteiger partial charge is 0.208 e. The Morgan fingerprint density at radius 2 is 2.00 bits per heavy atom. The van der Waals surface area contributed by atoms with Crippen LogP contribution in [0.4, 0.5) is 0 Å². The third kappa shape index (κ3) is 2.02. The molecule has 1 aliphatic heterocycles. The molecule has 16 heavy (non-hydrogen) atoms. The Morgan fingerprint density at radius 3 is 2.56 bits per heavy atom. The second-order valence-corrected chi connectivity index (χ2v) is 4.05. The van der Waals surface area contributed by atoms with Gasteiger partial charge in [0.15, 0.2) is 5.88 Å². The summed E-state index contributed by atoms with van der Waals surface area (Å²) in [4.78, 5) is 11.7. The molecule has 0 saturated heterocycles. The minimum Gasteiger partial charge on any atom is -0.482 e. The Balaban J connectivity index is 2.35. The number of benzene rings is 1. The molecule has 3 nitrogen and oxygen atoms in total. The Kier molecular flexibility index (Phi) is 3.10. The number of methoxy groups -OCH3 is 1. The van der Waals surface area contributed by atoms with Crippen molar-refractivity contribution in [3.05, 3.63) is 53.6 Å². The molecule has 1 heterocycles. The summed E-state index contributed by atoms with van der Waals surface area (Å²) in [5.74, 6) is 0.375. The van der Waals surface area contributed by atoms with Gasteiger partial charge in [0.05, 0.1) is 11.6 Å². The van der Waals surface area contributed by atoms with Crippen molar-refractivity contribution in [1.82, 2.24) is 5.32 Å². The van der Waals surface area contributed by atoms with Crippen LogP contribution in [0.3, 0.4) is 0 Å². The molecule has 1 aromatic carbocycles. The maximum atomic E-state index is 11.7. The zero-order valence-electron chi connectivity index (χ0n) is 8.66. The van der Waals surface area contributed by atoms with Crippen LogP contribution in [-0.4, -0.2) is 12.9 Å². The zero-order chi connectivity index (χ0) is 11.5. The summed E-state index contributed by atoms with van der Waals surface area (Å²) in [5, 5.41) is 2.91. The monoisotopic (exact) mass is 279 g/mol. The van der Waals surface area contributed by atoms with E-state index >= 15 is 0 Å². The molecule has 1 aromatic rings. The van der Waals surface area contributed by atoms with Gasteiger partial charge in [-0.15, -0.1) is 0 Å². The summed E-state index contributed by atoms with van der Waals surface area (Å²) < 4.78 is 5.71. The van der Waals surface area contributed by atoms with Crippen molar-refractivity contribution in [3.63, 3.8) is 0 Å². The van der Waals surface area contributed by atoms with E-state index in [0.717, 1.165) is 10.0 Å². The van der Waals surface area contributed by atoms with Gasteiger partial charge in [-0.1, -0.05) is 30.3 Å². The lowest BCUT2D eigenvalue weighted by atomic mass is 10.2. The van der Waals surface area contributed by atoms with E-state index in [1.54, 1.807) is 0 Å². The number of ketones is 1. The van der Waals surface area contributed by atoms with Gasteiger partial charge in [0, 0.05) is 6.08 Å². The van der Waals surface area contributed by atoms with Crippen LogP contribution in [0.25, 0.3) is 4.48 Å². The molecule has 2 rings (SSSR count). The average Bonchev–Trinajstić information content (AvgIpc) is 2.71. The van der Waals surface area contributed by atoms with Crippen molar-refractivity contribution in [1.29, 1.82) is 0 Å². The molecule has 0 atom stereocenters. The maximum absolute atomic E-state index is 11.7. The molecule has 0 radical (unpaired) electrons. The second-order valence-electron chi connectivity index (χ2n) is 3.26. The van der Waals surface area contributed by atoms with Gasteiger partial charge >= 0.3 is 0 Å². The molecule has 0 spiro atoms. The molecular weight excluding hydrogens is 270 g/mol. The highest BCUT2D eigenvalue weighted by molar-refractivity contribution is 9.15. The first kappa shape index (κ1) is 11.0. The molecule has 0 bridgehead atoms. The van der Waals surface area contributed by atoms with Crippen LogP contribution < -0.4 is 5.32 Å². The number of hydrogen-bond donors (Lipinski definition) is 1. The van der Waals surface area contributed by atoms with Crippen LogP contribution >= 0.6 is 15.9 Å². The number of allylic oxidation sites excluding steroid dienone is 1. The first-order valence-electron chi connectivity index (χ1n) is 4.74. The Bertz CT molecular complexity index is 477. The molecule has 0 fully saturated rings. The number of ether oxygens (including phenoxy) is 1. The fraction of sp³-hybridized carbons (Fsp3) is 0.0833. The van der Waals surface area contributed by atoms with Crippen molar-refractivity contribution in [2.24, 2.45) is 0 Å². The first-order chi connectivity index (χ1) is 7.72. The van der Waals surface area contributed by atoms with Crippen LogP contribution in [-0.2, 0) is 9.53 Å². The fourth-order valence-electron chi connectivity index (χ4n) is 1.41. The first-order valence-corrected chi connectivity index (χ1v) is 5.54. The quantitative estimate of drug-likeness (QED) is 0.845. The zero-order valence-corrected chi connectivity index (χ0v) is 10.2. The van der Waals surface area contributed by atoms with E-state index in [0.29, 0.717) is 11.6 Å². The number of hydrogen-bond acceptors (Lipinski definition) is 3. The standard InChI is InChI=1S/C12H10BrNO2/c1-16-10-7-9(15)12(14-10)11(13)8-5-3-2-4-6-8/h2-7,14H,1H3/b12-11-. The summed E-state index contributed by atoms with van der Waals surface area (Å²) in [5.41, 5.74) is 1.45. The summed E-state index contributed by atoms with van der Waals surface area (Å²) in [6.45, 7) is 0. The molecule has 1 aliphatic rings. The fourth-order valence-corrected chi connectivity index (χ4v) is 1.97. The van der Waals surface area contributed by atoms with Crippen LogP contribution in [0.1, 0.15) is 5.56 Å². The number of carbonyl (C=O) groups is 1. The third-order valence-corrected chi connectivity index (χ3v) is 3.08. The molecule has 82 valence electrons. The minimum atomic E-state index is -0.0902. The van der Waals surface area contributed by atoms with Crippen LogP contribution in [0.15, 0.2) is 48.0 Å². The van der Waals surface area contributed by atoms with Crippen molar-refractivity contribution < 1.29 is 9.53 Å². The molecule has 0 aliphatic carbocycles. The summed E-state index contributed by atoms with van der Waals surface area (Å²) in [6, 6.07) is 9.62. The molecular formula is C12H10BrNO2. The van der Waals surface area contributed by atoms with Gasteiger partial charge in [-0.25, -0.2) is 0 Å². The SMILES string of the molecule is COC1=CC(=O)/C(=C(/Br)c2ccccc2)N1. The van der Waals surface area contributed by atoms with Crippen molar-refractivity contribution in [3.8, 4) is 0 Å². The second kappa shape index (κ2) is 4.53. The lowest BCUT2D eigenvalue weighted by molar-refractivity contribution is -0.111. The molecule has 0 amide bonds. The van der Waals surface area contributed by atoms with Crippen molar-refractivity contribution in [2.45, 2.75) is 0 Å². The Morgan fingerprint density at radius 1 is 1.31 bits per heavy atom. The number of nitrogens with one attached hydrogen (secondary N) is 1. The average molecular weight is 280 g/mol. The number of carbonyl (C=O) groups excluding carboxylic acids is 1. The van der Waals surface area contributed by atoms with E-state index in [-0.39, 0.29) is 5.78 Å². The van der Waals surface area contributed by atoms with Crippen molar-refractivity contribution >= 4 is 26.2 Å². The van der Waals surface area contributed by atoms with Gasteiger partial charge in [-0.3, -0.25) is 4.79 Å². The summed E-state index contributed by atoms with van der Waals surface area (Å²) in [7, 11) is 1.52. The predicted molar refractivity (Wildman–Crippen MR) is 65.5 cm³/mol. The van der Waals surface area contributed by atoms with Gasteiger partial charge in [0.1, 0.15) is 5.70 Å². The molecule has 0 aromatic heterocycles. The van der Waals surface area contributed by atoms with E-state index in [1.165, 1.54) is 13.2 Å². The van der Waals surface area contributed by atoms with Crippen LogP contribution in [0.5, 0.6) is 0 Å². The highest BCUT2D eigenvalue weighted by Gasteiger charge is 2.21. The predicted octanol–water partition coefficient (Wildman–Crippen LogP) is 2.41. The normalized spacial score (nSPS) is 17.9. The van der Waals surface area contributed by atoms with Crippen LogP contribution in [0, 0.1) is 0 Å². The molecule has 1 N–H and O–H groups in total. The molecule has 0 saturated carbocycles. The number of halogens is 1. The lowest BCUT2D eigenvalue weighted by Gasteiger charge is -2.06. The molecule has 4 heteroatoms. The summed E-state index contributed by atoms with van der Waals surface area (Å²) in [6.07, 6.45) is 1.43.